The van der Waals surface area contributed by atoms with Crippen molar-refractivity contribution < 1.29 is 4.74 Å². The number of nitrogens with zero attached hydrogens (tertiary/aromatic N) is 1. The molecule has 0 bridgehead atoms. The lowest BCUT2D eigenvalue weighted by atomic mass is 10.5. The van der Waals surface area contributed by atoms with Crippen molar-refractivity contribution in [1.29, 1.82) is 0 Å². The summed E-state index contributed by atoms with van der Waals surface area (Å²) in [5.41, 5.74) is 0. The van der Waals surface area contributed by atoms with Gasteiger partial charge in [-0.3, -0.25) is 4.31 Å². The summed E-state index contributed by atoms with van der Waals surface area (Å²) in [5, 5.41) is 2.08. The minimum atomic E-state index is -0.704. The first-order chi connectivity index (χ1) is 5.17. The van der Waals surface area contributed by atoms with Gasteiger partial charge in [-0.15, -0.1) is 0 Å². The summed E-state index contributed by atoms with van der Waals surface area (Å²) in [4.78, 5) is 0. The van der Waals surface area contributed by atoms with Crippen LogP contribution >= 0.6 is 10.2 Å². The first kappa shape index (κ1) is 9.10. The van der Waals surface area contributed by atoms with Gasteiger partial charge in [-0.25, -0.2) is 0 Å². The number of morpholine rings is 1. The fraction of sp³-hybridized carbons (Fsp3) is 0.750. The minimum Gasteiger partial charge on any atom is -0.379 e. The third-order valence-electron chi connectivity index (χ3n) is 2.04. The molecule has 0 aromatic rings. The Bertz CT molecular complexity index is 141. The van der Waals surface area contributed by atoms with Crippen molar-refractivity contribution >= 4 is 10.2 Å². The molecule has 0 saturated carbocycles. The monoisotopic (exact) mass is 175 g/mol. The van der Waals surface area contributed by atoms with Crippen molar-refractivity contribution in [3.63, 3.8) is 0 Å². The van der Waals surface area contributed by atoms with E-state index in [0.717, 1.165) is 26.3 Å². The Morgan fingerprint density at radius 2 is 1.91 bits per heavy atom. The second kappa shape index (κ2) is 3.61. The first-order valence-corrected chi connectivity index (χ1v) is 6.32. The van der Waals surface area contributed by atoms with Crippen LogP contribution in [0.15, 0.2) is 12.0 Å². The van der Waals surface area contributed by atoms with Crippen LogP contribution in [0.4, 0.5) is 0 Å². The first-order valence-electron chi connectivity index (χ1n) is 3.85. The molecule has 1 aliphatic heterocycles. The van der Waals surface area contributed by atoms with E-state index in [0.29, 0.717) is 0 Å². The van der Waals surface area contributed by atoms with Crippen LogP contribution in [-0.2, 0) is 4.74 Å². The molecule has 0 spiro atoms. The van der Waals surface area contributed by atoms with Crippen LogP contribution < -0.4 is 0 Å². The Hall–Kier alpha value is 0.01000. The highest BCUT2D eigenvalue weighted by atomic mass is 32.3. The molecule has 1 heterocycles. The van der Waals surface area contributed by atoms with Crippen molar-refractivity contribution in [3.05, 3.63) is 12.0 Å². The Morgan fingerprint density at radius 1 is 1.36 bits per heavy atom. The summed E-state index contributed by atoms with van der Waals surface area (Å²) < 4.78 is 7.75. The van der Waals surface area contributed by atoms with Gasteiger partial charge in [0.1, 0.15) is 0 Å². The molecule has 0 aromatic carbocycles. The van der Waals surface area contributed by atoms with Crippen LogP contribution in [0.3, 0.4) is 0 Å². The molecule has 0 aromatic heterocycles. The van der Waals surface area contributed by atoms with Crippen molar-refractivity contribution in [3.8, 4) is 0 Å². The lowest BCUT2D eigenvalue weighted by molar-refractivity contribution is 0.0761. The maximum Gasteiger partial charge on any atom is 0.0603 e. The molecule has 1 saturated heterocycles. The van der Waals surface area contributed by atoms with Gasteiger partial charge < -0.3 is 4.74 Å². The van der Waals surface area contributed by atoms with E-state index in [1.165, 1.54) is 0 Å². The maximum absolute atomic E-state index is 5.28. The molecule has 1 aliphatic rings. The Balaban J connectivity index is 2.50. The van der Waals surface area contributed by atoms with E-state index in [9.17, 15) is 0 Å². The number of hydrogen-bond acceptors (Lipinski definition) is 2. The standard InChI is InChI=1S/C8H17NOS/c1-4-11(2,3)9-5-7-10-8-6-9/h4H,1,5-8H2,2-3H3. The molecule has 0 N–H and O–H groups in total. The van der Waals surface area contributed by atoms with Gasteiger partial charge in [-0.1, -0.05) is 6.58 Å². The Labute approximate surface area is 70.7 Å². The normalized spacial score (nSPS) is 23.1. The fourth-order valence-electron chi connectivity index (χ4n) is 1.12. The van der Waals surface area contributed by atoms with Crippen LogP contribution in [0.1, 0.15) is 0 Å². The average molecular weight is 175 g/mol. The summed E-state index contributed by atoms with van der Waals surface area (Å²) in [7, 11) is -0.704. The number of hydrogen-bond donors (Lipinski definition) is 0. The molecule has 1 fully saturated rings. The lowest BCUT2D eigenvalue weighted by Gasteiger charge is -2.42. The van der Waals surface area contributed by atoms with E-state index in [1.807, 2.05) is 0 Å². The Morgan fingerprint density at radius 3 is 2.36 bits per heavy atom. The van der Waals surface area contributed by atoms with E-state index in [4.69, 9.17) is 4.74 Å². The summed E-state index contributed by atoms with van der Waals surface area (Å²) in [5.74, 6) is 0. The lowest BCUT2D eigenvalue weighted by Crippen LogP contribution is -2.36. The molecule has 0 unspecified atom stereocenters. The molecular weight excluding hydrogens is 158 g/mol. The smallest absolute Gasteiger partial charge is 0.0603 e. The predicted molar refractivity (Wildman–Crippen MR) is 52.0 cm³/mol. The second-order valence-corrected chi connectivity index (χ2v) is 6.61. The number of rotatable bonds is 2. The number of ether oxygens (including phenoxy) is 1. The summed E-state index contributed by atoms with van der Waals surface area (Å²) in [6.07, 6.45) is 4.54. The third kappa shape index (κ3) is 2.22. The van der Waals surface area contributed by atoms with Gasteiger partial charge in [0.2, 0.25) is 0 Å². The average Bonchev–Trinajstić information content (AvgIpc) is 2.06. The van der Waals surface area contributed by atoms with E-state index >= 15 is 0 Å². The molecule has 1 rings (SSSR count). The largest absolute Gasteiger partial charge is 0.379 e. The van der Waals surface area contributed by atoms with Gasteiger partial charge in [-0.05, 0) is 17.9 Å². The van der Waals surface area contributed by atoms with Crippen LogP contribution in [-0.4, -0.2) is 43.1 Å². The molecule has 0 amide bonds. The Kier molecular flexibility index (Phi) is 2.98. The predicted octanol–water partition coefficient (Wildman–Crippen LogP) is 1.44. The van der Waals surface area contributed by atoms with Gasteiger partial charge in [0.15, 0.2) is 0 Å². The van der Waals surface area contributed by atoms with Gasteiger partial charge in [0, 0.05) is 13.1 Å². The zero-order valence-electron chi connectivity index (χ0n) is 7.38. The highest BCUT2D eigenvalue weighted by molar-refractivity contribution is 8.33. The van der Waals surface area contributed by atoms with E-state index in [1.54, 1.807) is 0 Å². The SMILES string of the molecule is C=CS(C)(C)N1CCOCC1. The summed E-state index contributed by atoms with van der Waals surface area (Å²) >= 11 is 0. The minimum absolute atomic E-state index is 0.704. The molecule has 2 nitrogen and oxygen atoms in total. The van der Waals surface area contributed by atoms with Gasteiger partial charge in [0.05, 0.1) is 13.2 Å². The van der Waals surface area contributed by atoms with Crippen LogP contribution in [0.25, 0.3) is 0 Å². The summed E-state index contributed by atoms with van der Waals surface area (Å²) in [6, 6.07) is 0. The molecule has 0 radical (unpaired) electrons. The van der Waals surface area contributed by atoms with Gasteiger partial charge in [-0.2, -0.15) is 10.2 Å². The third-order valence-corrected chi connectivity index (χ3v) is 4.56. The second-order valence-electron chi connectivity index (χ2n) is 3.06. The van der Waals surface area contributed by atoms with Crippen molar-refractivity contribution in [2.75, 3.05) is 38.8 Å². The van der Waals surface area contributed by atoms with E-state index in [-0.39, 0.29) is 0 Å². The topological polar surface area (TPSA) is 12.5 Å². The molecule has 0 atom stereocenters. The van der Waals surface area contributed by atoms with Gasteiger partial charge in [0.25, 0.3) is 0 Å². The van der Waals surface area contributed by atoms with Crippen molar-refractivity contribution in [1.82, 2.24) is 4.31 Å². The zero-order valence-corrected chi connectivity index (χ0v) is 8.19. The van der Waals surface area contributed by atoms with Crippen molar-refractivity contribution in [2.45, 2.75) is 0 Å². The fourth-order valence-corrected chi connectivity index (χ4v) is 2.42. The molecule has 0 aliphatic carbocycles. The molecular formula is C8H17NOS. The molecule has 11 heavy (non-hydrogen) atoms. The van der Waals surface area contributed by atoms with Crippen LogP contribution in [0.5, 0.6) is 0 Å². The molecule has 66 valence electrons. The van der Waals surface area contributed by atoms with Crippen molar-refractivity contribution in [2.24, 2.45) is 0 Å². The van der Waals surface area contributed by atoms with E-state index in [2.05, 4.69) is 28.8 Å². The highest BCUT2D eigenvalue weighted by Crippen LogP contribution is 2.45. The van der Waals surface area contributed by atoms with Gasteiger partial charge >= 0.3 is 0 Å². The summed E-state index contributed by atoms with van der Waals surface area (Å²) in [6.45, 7) is 7.75. The molecule has 3 heteroatoms. The highest BCUT2D eigenvalue weighted by Gasteiger charge is 2.20. The maximum atomic E-state index is 5.28. The zero-order chi connectivity index (χ0) is 8.32. The van der Waals surface area contributed by atoms with Crippen LogP contribution in [0.2, 0.25) is 0 Å². The van der Waals surface area contributed by atoms with Crippen LogP contribution in [0, 0.1) is 0 Å². The van der Waals surface area contributed by atoms with E-state index < -0.39 is 10.2 Å². The quantitative estimate of drug-likeness (QED) is 0.629.